The molecular formula is C17H15Cl2NO2. The van der Waals surface area contributed by atoms with E-state index < -0.39 is 0 Å². The molecule has 0 heterocycles. The number of amides is 1. The Kier molecular flexibility index (Phi) is 5.87. The summed E-state index contributed by atoms with van der Waals surface area (Å²) in [7, 11) is 0. The van der Waals surface area contributed by atoms with Crippen LogP contribution in [-0.4, -0.2) is 12.5 Å². The molecule has 0 unspecified atom stereocenters. The number of carbonyl (C=O) groups is 1. The van der Waals surface area contributed by atoms with E-state index in [0.29, 0.717) is 27.9 Å². The van der Waals surface area contributed by atoms with Gasteiger partial charge in [0.15, 0.2) is 6.61 Å². The zero-order valence-corrected chi connectivity index (χ0v) is 13.3. The summed E-state index contributed by atoms with van der Waals surface area (Å²) in [5.41, 5.74) is 1.56. The normalized spacial score (nSPS) is 10.1. The van der Waals surface area contributed by atoms with E-state index in [1.165, 1.54) is 0 Å². The monoisotopic (exact) mass is 335 g/mol. The minimum absolute atomic E-state index is 0.0889. The Morgan fingerprint density at radius 3 is 2.68 bits per heavy atom. The van der Waals surface area contributed by atoms with Crippen LogP contribution in [0.25, 0.3) is 0 Å². The van der Waals surface area contributed by atoms with Crippen LogP contribution in [0, 0.1) is 0 Å². The highest BCUT2D eigenvalue weighted by atomic mass is 35.5. The van der Waals surface area contributed by atoms with E-state index >= 15 is 0 Å². The molecule has 5 heteroatoms. The molecule has 0 atom stereocenters. The van der Waals surface area contributed by atoms with Crippen LogP contribution in [0.3, 0.4) is 0 Å². The molecule has 1 N–H and O–H groups in total. The van der Waals surface area contributed by atoms with Gasteiger partial charge in [0, 0.05) is 5.69 Å². The van der Waals surface area contributed by atoms with Crippen molar-refractivity contribution in [2.75, 3.05) is 11.9 Å². The molecule has 2 aromatic rings. The van der Waals surface area contributed by atoms with E-state index in [4.69, 9.17) is 27.9 Å². The molecule has 0 aromatic heterocycles. The van der Waals surface area contributed by atoms with E-state index in [1.54, 1.807) is 24.3 Å². The van der Waals surface area contributed by atoms with E-state index in [2.05, 4.69) is 11.9 Å². The predicted molar refractivity (Wildman–Crippen MR) is 90.9 cm³/mol. The first-order valence-electron chi connectivity index (χ1n) is 6.66. The molecule has 0 fully saturated rings. The lowest BCUT2D eigenvalue weighted by Gasteiger charge is -2.11. The molecule has 0 aliphatic carbocycles. The second kappa shape index (κ2) is 7.87. The van der Waals surface area contributed by atoms with Crippen molar-refractivity contribution in [3.05, 3.63) is 70.7 Å². The molecule has 22 heavy (non-hydrogen) atoms. The number of hydrogen-bond donors (Lipinski definition) is 1. The number of rotatable bonds is 6. The summed E-state index contributed by atoms with van der Waals surface area (Å²) in [5.74, 6) is 0.401. The molecule has 0 bridgehead atoms. The van der Waals surface area contributed by atoms with Crippen LogP contribution >= 0.6 is 23.2 Å². The second-order valence-electron chi connectivity index (χ2n) is 4.57. The van der Waals surface area contributed by atoms with Crippen LogP contribution in [0.1, 0.15) is 5.56 Å². The summed E-state index contributed by atoms with van der Waals surface area (Å²) in [6.45, 7) is 3.62. The average molecular weight is 336 g/mol. The van der Waals surface area contributed by atoms with Gasteiger partial charge in [0.05, 0.1) is 10.0 Å². The first-order chi connectivity index (χ1) is 10.6. The Bertz CT molecular complexity index is 686. The first kappa shape index (κ1) is 16.4. The van der Waals surface area contributed by atoms with Crippen molar-refractivity contribution in [3.8, 4) is 5.75 Å². The molecule has 0 aliphatic heterocycles. The van der Waals surface area contributed by atoms with Crippen molar-refractivity contribution in [2.45, 2.75) is 6.42 Å². The van der Waals surface area contributed by atoms with Crippen LogP contribution in [-0.2, 0) is 11.2 Å². The predicted octanol–water partition coefficient (Wildman–Crippen LogP) is 4.74. The summed E-state index contributed by atoms with van der Waals surface area (Å²) < 4.78 is 5.56. The lowest BCUT2D eigenvalue weighted by Crippen LogP contribution is -2.20. The van der Waals surface area contributed by atoms with Gasteiger partial charge in [-0.1, -0.05) is 47.5 Å². The lowest BCUT2D eigenvalue weighted by atomic mass is 10.1. The SMILES string of the molecule is C=CCc1ccccc1OCC(=O)Nc1ccc(Cl)c(Cl)c1. The third-order valence-corrected chi connectivity index (χ3v) is 3.64. The van der Waals surface area contributed by atoms with Gasteiger partial charge in [-0.25, -0.2) is 0 Å². The smallest absolute Gasteiger partial charge is 0.262 e. The highest BCUT2D eigenvalue weighted by Crippen LogP contribution is 2.25. The van der Waals surface area contributed by atoms with Crippen molar-refractivity contribution in [3.63, 3.8) is 0 Å². The first-order valence-corrected chi connectivity index (χ1v) is 7.42. The van der Waals surface area contributed by atoms with Gasteiger partial charge in [-0.15, -0.1) is 6.58 Å². The number of carbonyl (C=O) groups excluding carboxylic acids is 1. The van der Waals surface area contributed by atoms with Crippen molar-refractivity contribution >= 4 is 34.8 Å². The number of halogens is 2. The van der Waals surface area contributed by atoms with Gasteiger partial charge in [-0.2, -0.15) is 0 Å². The highest BCUT2D eigenvalue weighted by Gasteiger charge is 2.07. The summed E-state index contributed by atoms with van der Waals surface area (Å²) >= 11 is 11.7. The molecule has 0 saturated heterocycles. The third-order valence-electron chi connectivity index (χ3n) is 2.90. The molecule has 3 nitrogen and oxygen atoms in total. The fourth-order valence-electron chi connectivity index (χ4n) is 1.88. The molecule has 0 saturated carbocycles. The van der Waals surface area contributed by atoms with Gasteiger partial charge in [-0.3, -0.25) is 4.79 Å². The minimum atomic E-state index is -0.271. The maximum atomic E-state index is 11.9. The summed E-state index contributed by atoms with van der Waals surface area (Å²) in [6, 6.07) is 12.4. The Labute approximate surface area is 139 Å². The van der Waals surface area contributed by atoms with E-state index in [0.717, 1.165) is 5.56 Å². The lowest BCUT2D eigenvalue weighted by molar-refractivity contribution is -0.118. The zero-order valence-electron chi connectivity index (χ0n) is 11.8. The summed E-state index contributed by atoms with van der Waals surface area (Å²) in [6.07, 6.45) is 2.47. The maximum absolute atomic E-state index is 11.9. The Balaban J connectivity index is 1.95. The highest BCUT2D eigenvalue weighted by molar-refractivity contribution is 6.42. The van der Waals surface area contributed by atoms with Crippen LogP contribution in [0.4, 0.5) is 5.69 Å². The molecule has 0 spiro atoms. The zero-order chi connectivity index (χ0) is 15.9. The Hall–Kier alpha value is -1.97. The van der Waals surface area contributed by atoms with Gasteiger partial charge in [0.25, 0.3) is 5.91 Å². The number of para-hydroxylation sites is 1. The number of hydrogen-bond acceptors (Lipinski definition) is 2. The van der Waals surface area contributed by atoms with Crippen LogP contribution < -0.4 is 10.1 Å². The molecule has 1 amide bonds. The number of benzene rings is 2. The average Bonchev–Trinajstić information content (AvgIpc) is 2.50. The number of anilines is 1. The summed E-state index contributed by atoms with van der Waals surface area (Å²) in [4.78, 5) is 11.9. The largest absolute Gasteiger partial charge is 0.483 e. The molecular weight excluding hydrogens is 321 g/mol. The number of allylic oxidation sites excluding steroid dienone is 1. The van der Waals surface area contributed by atoms with Crippen molar-refractivity contribution in [1.29, 1.82) is 0 Å². The van der Waals surface area contributed by atoms with Crippen molar-refractivity contribution in [2.24, 2.45) is 0 Å². The Morgan fingerprint density at radius 2 is 1.95 bits per heavy atom. The topological polar surface area (TPSA) is 38.3 Å². The minimum Gasteiger partial charge on any atom is -0.483 e. The second-order valence-corrected chi connectivity index (χ2v) is 5.38. The van der Waals surface area contributed by atoms with Gasteiger partial charge in [0.2, 0.25) is 0 Å². The third kappa shape index (κ3) is 4.52. The van der Waals surface area contributed by atoms with E-state index in [1.807, 2.05) is 24.3 Å². The van der Waals surface area contributed by atoms with Crippen LogP contribution in [0.15, 0.2) is 55.1 Å². The quantitative estimate of drug-likeness (QED) is 0.774. The van der Waals surface area contributed by atoms with Gasteiger partial charge in [-0.05, 0) is 36.2 Å². The molecule has 0 aliphatic rings. The molecule has 2 rings (SSSR count). The van der Waals surface area contributed by atoms with Gasteiger partial charge >= 0.3 is 0 Å². The molecule has 2 aromatic carbocycles. The fraction of sp³-hybridized carbons (Fsp3) is 0.118. The van der Waals surface area contributed by atoms with Crippen molar-refractivity contribution < 1.29 is 9.53 Å². The standard InChI is InChI=1S/C17H15Cl2NO2/c1-2-5-12-6-3-4-7-16(12)22-11-17(21)20-13-8-9-14(18)15(19)10-13/h2-4,6-10H,1,5,11H2,(H,20,21). The fourth-order valence-corrected chi connectivity index (χ4v) is 2.18. The number of ether oxygens (including phenoxy) is 1. The molecule has 114 valence electrons. The van der Waals surface area contributed by atoms with Crippen LogP contribution in [0.2, 0.25) is 10.0 Å². The van der Waals surface area contributed by atoms with Gasteiger partial charge < -0.3 is 10.1 Å². The van der Waals surface area contributed by atoms with E-state index in [-0.39, 0.29) is 12.5 Å². The van der Waals surface area contributed by atoms with Crippen molar-refractivity contribution in [1.82, 2.24) is 0 Å². The van der Waals surface area contributed by atoms with E-state index in [9.17, 15) is 4.79 Å². The Morgan fingerprint density at radius 1 is 1.18 bits per heavy atom. The maximum Gasteiger partial charge on any atom is 0.262 e. The summed E-state index contributed by atoms with van der Waals surface area (Å²) in [5, 5.41) is 3.53. The molecule has 0 radical (unpaired) electrons. The van der Waals surface area contributed by atoms with Gasteiger partial charge in [0.1, 0.15) is 5.75 Å². The number of nitrogens with one attached hydrogen (secondary N) is 1. The van der Waals surface area contributed by atoms with Crippen LogP contribution in [0.5, 0.6) is 5.75 Å².